The van der Waals surface area contributed by atoms with Gasteiger partial charge in [-0.1, -0.05) is 0 Å². The maximum absolute atomic E-state index is 11.2. The molecule has 2 atom stereocenters. The summed E-state index contributed by atoms with van der Waals surface area (Å²) in [5.41, 5.74) is 0. The Labute approximate surface area is 72.6 Å². The van der Waals surface area contributed by atoms with Crippen LogP contribution in [0.5, 0.6) is 0 Å². The van der Waals surface area contributed by atoms with Crippen LogP contribution < -0.4 is 5.32 Å². The molecule has 12 heavy (non-hydrogen) atoms. The lowest BCUT2D eigenvalue weighted by Gasteiger charge is -2.39. The molecule has 70 valence electrons. The lowest BCUT2D eigenvalue weighted by molar-refractivity contribution is -0.139. The molecule has 0 bridgehead atoms. The largest absolute Gasteiger partial charge is 0.387 e. The molecular weight excluding hydrogens is 156 g/mol. The summed E-state index contributed by atoms with van der Waals surface area (Å²) in [6.07, 6.45) is 0. The molecule has 1 heterocycles. The first-order valence-electron chi connectivity index (χ1n) is 4.29. The fourth-order valence-electron chi connectivity index (χ4n) is 1.71. The molecule has 0 aromatic carbocycles. The van der Waals surface area contributed by atoms with Crippen molar-refractivity contribution < 1.29 is 9.90 Å². The minimum Gasteiger partial charge on any atom is -0.387 e. The van der Waals surface area contributed by atoms with Crippen LogP contribution in [0.1, 0.15) is 13.8 Å². The minimum atomic E-state index is -0.380. The molecule has 0 saturated carbocycles. The number of carbonyl (C=O) groups excluding carboxylic acids is 1. The molecule has 4 nitrogen and oxygen atoms in total. The van der Waals surface area contributed by atoms with Gasteiger partial charge < -0.3 is 15.3 Å². The molecule has 0 radical (unpaired) electrons. The van der Waals surface area contributed by atoms with Gasteiger partial charge in [0.25, 0.3) is 0 Å². The summed E-state index contributed by atoms with van der Waals surface area (Å²) in [5, 5.41) is 11.9. The van der Waals surface area contributed by atoms with E-state index in [1.807, 2.05) is 13.8 Å². The van der Waals surface area contributed by atoms with Gasteiger partial charge in [0.2, 0.25) is 5.91 Å². The topological polar surface area (TPSA) is 52.6 Å². The third-order valence-corrected chi connectivity index (χ3v) is 2.25. The minimum absolute atomic E-state index is 0.170. The fourth-order valence-corrected chi connectivity index (χ4v) is 1.71. The van der Waals surface area contributed by atoms with Crippen molar-refractivity contribution in [1.29, 1.82) is 0 Å². The van der Waals surface area contributed by atoms with Crippen LogP contribution in [0.15, 0.2) is 0 Å². The number of amides is 1. The van der Waals surface area contributed by atoms with Gasteiger partial charge in [-0.2, -0.15) is 0 Å². The first kappa shape index (κ1) is 9.48. The Balaban J connectivity index is 2.62. The van der Waals surface area contributed by atoms with Crippen LogP contribution in [-0.2, 0) is 4.79 Å². The zero-order valence-corrected chi connectivity index (χ0v) is 7.58. The highest BCUT2D eigenvalue weighted by atomic mass is 16.3. The highest BCUT2D eigenvalue weighted by Gasteiger charge is 2.27. The van der Waals surface area contributed by atoms with Crippen molar-refractivity contribution in [1.82, 2.24) is 10.2 Å². The first-order chi connectivity index (χ1) is 5.66. The third-order valence-electron chi connectivity index (χ3n) is 2.25. The van der Waals surface area contributed by atoms with Crippen LogP contribution in [0, 0.1) is 0 Å². The Morgan fingerprint density at radius 2 is 2.00 bits per heavy atom. The van der Waals surface area contributed by atoms with E-state index in [1.54, 1.807) is 4.90 Å². The molecule has 1 rings (SSSR count). The van der Waals surface area contributed by atoms with Gasteiger partial charge in [0, 0.05) is 25.2 Å². The average molecular weight is 172 g/mol. The molecule has 0 unspecified atom stereocenters. The molecule has 1 amide bonds. The van der Waals surface area contributed by atoms with Crippen molar-refractivity contribution in [3.63, 3.8) is 0 Å². The van der Waals surface area contributed by atoms with E-state index in [2.05, 4.69) is 5.32 Å². The van der Waals surface area contributed by atoms with Gasteiger partial charge in [0.05, 0.1) is 0 Å². The Morgan fingerprint density at radius 3 is 2.42 bits per heavy atom. The molecule has 0 aromatic rings. The zero-order chi connectivity index (χ0) is 9.14. The summed E-state index contributed by atoms with van der Waals surface area (Å²) >= 11 is 0. The second-order valence-corrected chi connectivity index (χ2v) is 3.32. The monoisotopic (exact) mass is 172 g/mol. The number of hydrogen-bond acceptors (Lipinski definition) is 3. The number of aliphatic hydroxyl groups is 1. The summed E-state index contributed by atoms with van der Waals surface area (Å²) in [4.78, 5) is 13.0. The second kappa shape index (κ2) is 3.87. The second-order valence-electron chi connectivity index (χ2n) is 3.32. The number of rotatable bonds is 1. The van der Waals surface area contributed by atoms with E-state index >= 15 is 0 Å². The van der Waals surface area contributed by atoms with Crippen molar-refractivity contribution in [3.05, 3.63) is 0 Å². The summed E-state index contributed by atoms with van der Waals surface area (Å²) in [6, 6.07) is 0.377. The van der Waals surface area contributed by atoms with Crippen molar-refractivity contribution in [3.8, 4) is 0 Å². The van der Waals surface area contributed by atoms with Crippen LogP contribution >= 0.6 is 0 Å². The Kier molecular flexibility index (Phi) is 3.05. The number of piperazine rings is 1. The molecule has 1 aliphatic rings. The van der Waals surface area contributed by atoms with E-state index in [4.69, 9.17) is 5.11 Å². The van der Waals surface area contributed by atoms with E-state index in [1.165, 1.54) is 0 Å². The maximum atomic E-state index is 11.2. The molecule has 4 heteroatoms. The smallest absolute Gasteiger partial charge is 0.248 e. The van der Waals surface area contributed by atoms with Gasteiger partial charge >= 0.3 is 0 Å². The normalized spacial score (nSPS) is 30.4. The molecule has 1 fully saturated rings. The highest BCUT2D eigenvalue weighted by Crippen LogP contribution is 2.09. The average Bonchev–Trinajstić information content (AvgIpc) is 2.03. The summed E-state index contributed by atoms with van der Waals surface area (Å²) in [6.45, 7) is 5.22. The van der Waals surface area contributed by atoms with Crippen molar-refractivity contribution >= 4 is 5.91 Å². The molecule has 0 aliphatic carbocycles. The summed E-state index contributed by atoms with van der Waals surface area (Å²) in [7, 11) is 0. The third kappa shape index (κ3) is 1.76. The standard InChI is InChI=1S/C8H16N2O2/c1-6-3-9-4-7(2)10(6)8(12)5-11/h6-7,9,11H,3-5H2,1-2H3/t6-,7+. The fraction of sp³-hybridized carbons (Fsp3) is 0.875. The number of nitrogens with zero attached hydrogens (tertiary/aromatic N) is 1. The predicted octanol–water partition coefficient (Wildman–Crippen LogP) is -0.812. The zero-order valence-electron chi connectivity index (χ0n) is 7.58. The van der Waals surface area contributed by atoms with Crippen molar-refractivity contribution in [2.75, 3.05) is 19.7 Å². The molecule has 0 spiro atoms. The van der Waals surface area contributed by atoms with Crippen LogP contribution in [0.25, 0.3) is 0 Å². The van der Waals surface area contributed by atoms with E-state index in [9.17, 15) is 4.79 Å². The van der Waals surface area contributed by atoms with Crippen molar-refractivity contribution in [2.24, 2.45) is 0 Å². The van der Waals surface area contributed by atoms with Crippen LogP contribution in [-0.4, -0.2) is 47.7 Å². The van der Waals surface area contributed by atoms with Crippen molar-refractivity contribution in [2.45, 2.75) is 25.9 Å². The SMILES string of the molecule is C[C@@H]1CNC[C@H](C)N1C(=O)CO. The summed E-state index contributed by atoms with van der Waals surface area (Å²) in [5.74, 6) is -0.170. The highest BCUT2D eigenvalue weighted by molar-refractivity contribution is 5.78. The van der Waals surface area contributed by atoms with Gasteiger partial charge in [-0.05, 0) is 13.8 Å². The lowest BCUT2D eigenvalue weighted by Crippen LogP contribution is -2.57. The van der Waals surface area contributed by atoms with E-state index in [0.29, 0.717) is 0 Å². The quantitative estimate of drug-likeness (QED) is 0.544. The van der Waals surface area contributed by atoms with Crippen LogP contribution in [0.2, 0.25) is 0 Å². The van der Waals surface area contributed by atoms with Gasteiger partial charge in [-0.3, -0.25) is 4.79 Å². The Hall–Kier alpha value is -0.610. The number of aliphatic hydroxyl groups excluding tert-OH is 1. The van der Waals surface area contributed by atoms with Crippen LogP contribution in [0.3, 0.4) is 0 Å². The first-order valence-corrected chi connectivity index (χ1v) is 4.29. The molecule has 1 saturated heterocycles. The molecule has 1 aliphatic heterocycles. The molecular formula is C8H16N2O2. The van der Waals surface area contributed by atoms with E-state index in [0.717, 1.165) is 13.1 Å². The number of hydrogen-bond donors (Lipinski definition) is 2. The van der Waals surface area contributed by atoms with E-state index < -0.39 is 0 Å². The number of carbonyl (C=O) groups is 1. The Morgan fingerprint density at radius 1 is 1.50 bits per heavy atom. The maximum Gasteiger partial charge on any atom is 0.248 e. The molecule has 2 N–H and O–H groups in total. The van der Waals surface area contributed by atoms with Gasteiger partial charge in [-0.25, -0.2) is 0 Å². The Bertz CT molecular complexity index is 162. The van der Waals surface area contributed by atoms with Gasteiger partial charge in [0.15, 0.2) is 0 Å². The molecule has 0 aromatic heterocycles. The van der Waals surface area contributed by atoms with Crippen LogP contribution in [0.4, 0.5) is 0 Å². The van der Waals surface area contributed by atoms with E-state index in [-0.39, 0.29) is 24.6 Å². The summed E-state index contributed by atoms with van der Waals surface area (Å²) < 4.78 is 0. The predicted molar refractivity (Wildman–Crippen MR) is 45.7 cm³/mol. The van der Waals surface area contributed by atoms with Gasteiger partial charge in [-0.15, -0.1) is 0 Å². The lowest BCUT2D eigenvalue weighted by atomic mass is 10.1. The number of nitrogens with one attached hydrogen (secondary N) is 1. The van der Waals surface area contributed by atoms with Gasteiger partial charge in [0.1, 0.15) is 6.61 Å².